The summed E-state index contributed by atoms with van der Waals surface area (Å²) in [5.41, 5.74) is 3.05. The highest BCUT2D eigenvalue weighted by atomic mass is 32.1. The number of ether oxygens (including phenoxy) is 3. The fraction of sp³-hybridized carbons (Fsp3) is 0.161. The zero-order chi connectivity index (χ0) is 26.6. The molecule has 5 rings (SSSR count). The second-order valence-electron chi connectivity index (χ2n) is 8.78. The molecule has 1 saturated heterocycles. The Morgan fingerprint density at radius 1 is 0.895 bits per heavy atom. The van der Waals surface area contributed by atoms with E-state index in [2.05, 4.69) is 24.3 Å². The molecular weight excluding hydrogens is 496 g/mol. The van der Waals surface area contributed by atoms with E-state index in [0.29, 0.717) is 41.2 Å². The van der Waals surface area contributed by atoms with Gasteiger partial charge in [-0.15, -0.1) is 0 Å². The molecule has 0 N–H and O–H groups in total. The predicted octanol–water partition coefficient (Wildman–Crippen LogP) is 6.43. The van der Waals surface area contributed by atoms with Crippen molar-refractivity contribution in [2.24, 2.45) is 0 Å². The van der Waals surface area contributed by atoms with Gasteiger partial charge >= 0.3 is 0 Å². The first-order valence-corrected chi connectivity index (χ1v) is 12.7. The summed E-state index contributed by atoms with van der Waals surface area (Å²) < 4.78 is 17.3. The van der Waals surface area contributed by atoms with E-state index in [9.17, 15) is 4.79 Å². The lowest BCUT2D eigenvalue weighted by Crippen LogP contribution is -2.31. The third-order valence-electron chi connectivity index (χ3n) is 6.42. The van der Waals surface area contributed by atoms with Crippen LogP contribution in [-0.2, 0) is 11.4 Å². The molecule has 0 radical (unpaired) electrons. The Kier molecular flexibility index (Phi) is 7.29. The molecule has 0 aliphatic carbocycles. The fourth-order valence-electron chi connectivity index (χ4n) is 4.47. The normalized spacial score (nSPS) is 14.4. The maximum absolute atomic E-state index is 13.4. The zero-order valence-corrected chi connectivity index (χ0v) is 22.3. The van der Waals surface area contributed by atoms with Gasteiger partial charge in [0.05, 0.1) is 19.4 Å². The van der Waals surface area contributed by atoms with Gasteiger partial charge in [-0.05, 0) is 83.5 Å². The Bertz CT molecular complexity index is 1530. The maximum atomic E-state index is 13.4. The lowest BCUT2D eigenvalue weighted by molar-refractivity contribution is -0.114. The van der Waals surface area contributed by atoms with Crippen LogP contribution in [0.4, 0.5) is 5.69 Å². The second-order valence-corrected chi connectivity index (χ2v) is 9.14. The van der Waals surface area contributed by atoms with Gasteiger partial charge in [0.2, 0.25) is 0 Å². The van der Waals surface area contributed by atoms with E-state index >= 15 is 0 Å². The molecule has 0 atom stereocenters. The zero-order valence-electron chi connectivity index (χ0n) is 21.5. The van der Waals surface area contributed by atoms with Crippen LogP contribution in [0.2, 0.25) is 0 Å². The monoisotopic (exact) mass is 524 g/mol. The topological polar surface area (TPSA) is 51.2 Å². The number of amides is 1. The van der Waals surface area contributed by atoms with Crippen LogP contribution in [-0.4, -0.2) is 36.7 Å². The first-order valence-electron chi connectivity index (χ1n) is 12.3. The Balaban J connectivity index is 1.36. The number of methoxy groups -OCH3 is 1. The van der Waals surface area contributed by atoms with Crippen molar-refractivity contribution in [1.82, 2.24) is 4.90 Å². The van der Waals surface area contributed by atoms with Crippen LogP contribution in [0.5, 0.6) is 17.2 Å². The van der Waals surface area contributed by atoms with E-state index in [0.717, 1.165) is 22.3 Å². The second kappa shape index (κ2) is 10.9. The van der Waals surface area contributed by atoms with Crippen molar-refractivity contribution in [3.8, 4) is 17.2 Å². The van der Waals surface area contributed by atoms with Gasteiger partial charge in [-0.1, -0.05) is 48.5 Å². The van der Waals surface area contributed by atoms with Crippen molar-refractivity contribution in [3.63, 3.8) is 0 Å². The van der Waals surface area contributed by atoms with Gasteiger partial charge in [-0.25, -0.2) is 0 Å². The van der Waals surface area contributed by atoms with Crippen LogP contribution in [0, 0.1) is 0 Å². The van der Waals surface area contributed by atoms with E-state index in [4.69, 9.17) is 26.4 Å². The summed E-state index contributed by atoms with van der Waals surface area (Å²) >= 11 is 5.60. The molecule has 1 fully saturated rings. The number of nitrogens with zero attached hydrogens (tertiary/aromatic N) is 2. The Hall–Kier alpha value is -4.36. The van der Waals surface area contributed by atoms with Gasteiger partial charge in [0, 0.05) is 7.05 Å². The molecule has 0 bridgehead atoms. The highest BCUT2D eigenvalue weighted by Gasteiger charge is 2.36. The Morgan fingerprint density at radius 2 is 1.66 bits per heavy atom. The molecule has 6 nitrogen and oxygen atoms in total. The standard InChI is InChI=1S/C31H28N2O4S/c1-4-36-25-15-13-24(14-16-25)33-30(34)27(32(2)31(33)38)18-21-12-17-28(29(19-21)35-3)37-20-23-10-7-9-22-8-5-6-11-26(22)23/h5-19H,4,20H2,1-3H3/b27-18-. The summed E-state index contributed by atoms with van der Waals surface area (Å²) in [5, 5.41) is 2.74. The summed E-state index contributed by atoms with van der Waals surface area (Å²) in [6, 6.07) is 27.4. The fourth-order valence-corrected chi connectivity index (χ4v) is 4.75. The molecule has 7 heteroatoms. The van der Waals surface area contributed by atoms with Crippen molar-refractivity contribution in [2.75, 3.05) is 25.7 Å². The van der Waals surface area contributed by atoms with Crippen LogP contribution < -0.4 is 19.1 Å². The minimum atomic E-state index is -0.197. The minimum absolute atomic E-state index is 0.197. The molecule has 0 saturated carbocycles. The Labute approximate surface area is 227 Å². The van der Waals surface area contributed by atoms with E-state index in [1.807, 2.05) is 67.6 Å². The SMILES string of the molecule is CCOc1ccc(N2C(=O)/C(=C/c3ccc(OCc4cccc5ccccc45)c(OC)c3)N(C)C2=S)cc1. The quantitative estimate of drug-likeness (QED) is 0.196. The summed E-state index contributed by atoms with van der Waals surface area (Å²) in [5.74, 6) is 1.75. The van der Waals surface area contributed by atoms with Crippen molar-refractivity contribution >= 4 is 45.8 Å². The van der Waals surface area contributed by atoms with E-state index in [-0.39, 0.29) is 5.91 Å². The average molecular weight is 525 g/mol. The van der Waals surface area contributed by atoms with E-state index in [1.165, 1.54) is 10.3 Å². The largest absolute Gasteiger partial charge is 0.494 e. The molecular formula is C31H28N2O4S. The van der Waals surface area contributed by atoms with Crippen molar-refractivity contribution in [1.29, 1.82) is 0 Å². The highest BCUT2D eigenvalue weighted by molar-refractivity contribution is 7.80. The summed E-state index contributed by atoms with van der Waals surface area (Å²) in [4.78, 5) is 16.6. The van der Waals surface area contributed by atoms with E-state index in [1.54, 1.807) is 25.1 Å². The van der Waals surface area contributed by atoms with Crippen LogP contribution in [0.15, 0.2) is 90.6 Å². The highest BCUT2D eigenvalue weighted by Crippen LogP contribution is 2.33. The summed E-state index contributed by atoms with van der Waals surface area (Å²) in [6.07, 6.45) is 1.81. The van der Waals surface area contributed by atoms with E-state index < -0.39 is 0 Å². The molecule has 0 unspecified atom stereocenters. The molecule has 0 aromatic heterocycles. The van der Waals surface area contributed by atoms with Gasteiger partial charge < -0.3 is 19.1 Å². The number of hydrogen-bond donors (Lipinski definition) is 0. The number of anilines is 1. The lowest BCUT2D eigenvalue weighted by Gasteiger charge is -2.16. The predicted molar refractivity (Wildman–Crippen MR) is 155 cm³/mol. The van der Waals surface area contributed by atoms with Crippen LogP contribution in [0.1, 0.15) is 18.1 Å². The van der Waals surface area contributed by atoms with Crippen molar-refractivity contribution in [3.05, 3.63) is 102 Å². The summed E-state index contributed by atoms with van der Waals surface area (Å²) in [6.45, 7) is 2.91. The number of benzene rings is 4. The molecule has 1 aliphatic rings. The number of thiocarbonyl (C=S) groups is 1. The number of hydrogen-bond acceptors (Lipinski definition) is 5. The van der Waals surface area contributed by atoms with Gasteiger partial charge in [-0.3, -0.25) is 9.69 Å². The number of likely N-dealkylation sites (N-methyl/N-ethyl adjacent to an activating group) is 1. The third kappa shape index (κ3) is 4.93. The van der Waals surface area contributed by atoms with Crippen molar-refractivity contribution < 1.29 is 19.0 Å². The van der Waals surface area contributed by atoms with Gasteiger partial charge in [-0.2, -0.15) is 0 Å². The maximum Gasteiger partial charge on any atom is 0.281 e. The first kappa shape index (κ1) is 25.3. The van der Waals surface area contributed by atoms with Crippen LogP contribution >= 0.6 is 12.2 Å². The molecule has 1 amide bonds. The molecule has 4 aromatic rings. The molecule has 1 aliphatic heterocycles. The number of carbonyl (C=O) groups excluding carboxylic acids is 1. The van der Waals surface area contributed by atoms with Crippen molar-refractivity contribution in [2.45, 2.75) is 13.5 Å². The lowest BCUT2D eigenvalue weighted by atomic mass is 10.1. The third-order valence-corrected chi connectivity index (χ3v) is 6.88. The molecule has 192 valence electrons. The van der Waals surface area contributed by atoms with Crippen LogP contribution in [0.3, 0.4) is 0 Å². The molecule has 1 heterocycles. The van der Waals surface area contributed by atoms with Crippen LogP contribution in [0.25, 0.3) is 16.8 Å². The minimum Gasteiger partial charge on any atom is -0.494 e. The number of fused-ring (bicyclic) bond motifs is 1. The first-order chi connectivity index (χ1) is 18.5. The Morgan fingerprint density at radius 3 is 2.42 bits per heavy atom. The average Bonchev–Trinajstić information content (AvgIpc) is 3.15. The van der Waals surface area contributed by atoms with Gasteiger partial charge in [0.15, 0.2) is 16.6 Å². The molecule has 0 spiro atoms. The molecule has 4 aromatic carbocycles. The number of carbonyl (C=O) groups is 1. The number of rotatable bonds is 8. The van der Waals surface area contributed by atoms with Gasteiger partial charge in [0.1, 0.15) is 18.1 Å². The molecule has 38 heavy (non-hydrogen) atoms. The van der Waals surface area contributed by atoms with Gasteiger partial charge in [0.25, 0.3) is 5.91 Å². The summed E-state index contributed by atoms with van der Waals surface area (Å²) in [7, 11) is 3.40. The smallest absolute Gasteiger partial charge is 0.281 e.